The van der Waals surface area contributed by atoms with Crippen LogP contribution in [0.25, 0.3) is 0 Å². The van der Waals surface area contributed by atoms with Crippen molar-refractivity contribution in [2.24, 2.45) is 5.73 Å². The van der Waals surface area contributed by atoms with Gasteiger partial charge in [-0.05, 0) is 39.7 Å². The quantitative estimate of drug-likeness (QED) is 0.841. The number of hydrogen-bond donors (Lipinski definition) is 1. The van der Waals surface area contributed by atoms with Crippen molar-refractivity contribution in [1.29, 1.82) is 0 Å². The standard InChI is InChI=1S/C12H20N4O/c1-7(13)12-14-11(15-17-12)8-5-9-3-4-10(6-8)16(9)2/h7-10H,3-6,13H2,1-2H3/t7-,8?,9?,10?/m0/s1. The van der Waals surface area contributed by atoms with E-state index in [-0.39, 0.29) is 6.04 Å². The summed E-state index contributed by atoms with van der Waals surface area (Å²) >= 11 is 0. The predicted molar refractivity (Wildman–Crippen MR) is 63.4 cm³/mol. The van der Waals surface area contributed by atoms with E-state index >= 15 is 0 Å². The highest BCUT2D eigenvalue weighted by atomic mass is 16.5. The first-order valence-corrected chi connectivity index (χ1v) is 6.46. The Morgan fingerprint density at radius 2 is 2.00 bits per heavy atom. The summed E-state index contributed by atoms with van der Waals surface area (Å²) in [6.07, 6.45) is 4.95. The number of piperidine rings is 1. The van der Waals surface area contributed by atoms with Crippen molar-refractivity contribution >= 4 is 0 Å². The maximum atomic E-state index is 5.74. The van der Waals surface area contributed by atoms with Crippen LogP contribution in [0.3, 0.4) is 0 Å². The average molecular weight is 236 g/mol. The second kappa shape index (κ2) is 4.07. The average Bonchev–Trinajstić information content (AvgIpc) is 2.83. The predicted octanol–water partition coefficient (Wildman–Crippen LogP) is 1.43. The van der Waals surface area contributed by atoms with Gasteiger partial charge in [-0.25, -0.2) is 0 Å². The minimum atomic E-state index is -0.167. The molecule has 2 unspecified atom stereocenters. The van der Waals surface area contributed by atoms with Crippen LogP contribution >= 0.6 is 0 Å². The summed E-state index contributed by atoms with van der Waals surface area (Å²) in [5, 5.41) is 4.10. The molecule has 0 radical (unpaired) electrons. The zero-order valence-electron chi connectivity index (χ0n) is 10.5. The Bertz CT molecular complexity index is 389. The normalized spacial score (nSPS) is 35.1. The van der Waals surface area contributed by atoms with E-state index in [1.165, 1.54) is 12.8 Å². The summed E-state index contributed by atoms with van der Waals surface area (Å²) in [5.41, 5.74) is 5.74. The first-order valence-electron chi connectivity index (χ1n) is 6.46. The van der Waals surface area contributed by atoms with E-state index in [1.807, 2.05) is 6.92 Å². The third-order valence-corrected chi connectivity index (χ3v) is 4.31. The van der Waals surface area contributed by atoms with Crippen LogP contribution in [0.4, 0.5) is 0 Å². The molecule has 3 atom stereocenters. The second-order valence-corrected chi connectivity index (χ2v) is 5.50. The molecule has 2 aliphatic rings. The van der Waals surface area contributed by atoms with Crippen molar-refractivity contribution in [3.8, 4) is 0 Å². The van der Waals surface area contributed by atoms with Gasteiger partial charge in [-0.15, -0.1) is 0 Å². The molecule has 3 rings (SSSR count). The fourth-order valence-electron chi connectivity index (χ4n) is 3.22. The van der Waals surface area contributed by atoms with Crippen LogP contribution in [0.5, 0.6) is 0 Å². The van der Waals surface area contributed by atoms with E-state index < -0.39 is 0 Å². The highest BCUT2D eigenvalue weighted by Gasteiger charge is 2.40. The van der Waals surface area contributed by atoms with E-state index in [9.17, 15) is 0 Å². The van der Waals surface area contributed by atoms with Gasteiger partial charge in [0.25, 0.3) is 0 Å². The molecule has 3 heterocycles. The Morgan fingerprint density at radius 3 is 2.53 bits per heavy atom. The molecule has 94 valence electrons. The minimum Gasteiger partial charge on any atom is -0.338 e. The third kappa shape index (κ3) is 1.87. The lowest BCUT2D eigenvalue weighted by atomic mass is 9.90. The SMILES string of the molecule is C[C@H](N)c1nc(C2CC3CCC(C2)N3C)no1. The number of nitrogens with two attached hydrogens (primary N) is 1. The maximum Gasteiger partial charge on any atom is 0.243 e. The van der Waals surface area contributed by atoms with Gasteiger partial charge in [-0.1, -0.05) is 5.16 Å². The van der Waals surface area contributed by atoms with Crippen LogP contribution in [-0.2, 0) is 0 Å². The molecule has 0 aliphatic carbocycles. The summed E-state index contributed by atoms with van der Waals surface area (Å²) in [6, 6.07) is 1.24. The Kier molecular flexibility index (Phi) is 2.67. The zero-order valence-corrected chi connectivity index (χ0v) is 10.5. The van der Waals surface area contributed by atoms with Crippen molar-refractivity contribution < 1.29 is 4.52 Å². The van der Waals surface area contributed by atoms with Crippen molar-refractivity contribution in [1.82, 2.24) is 15.0 Å². The van der Waals surface area contributed by atoms with Gasteiger partial charge in [0.1, 0.15) is 0 Å². The van der Waals surface area contributed by atoms with E-state index in [2.05, 4.69) is 22.1 Å². The number of hydrogen-bond acceptors (Lipinski definition) is 5. The van der Waals surface area contributed by atoms with Gasteiger partial charge in [0.15, 0.2) is 5.82 Å². The van der Waals surface area contributed by atoms with Crippen molar-refractivity contribution in [2.75, 3.05) is 7.05 Å². The molecule has 17 heavy (non-hydrogen) atoms. The Labute approximate surface area is 101 Å². The lowest BCUT2D eigenvalue weighted by Crippen LogP contribution is -2.39. The second-order valence-electron chi connectivity index (χ2n) is 5.50. The molecule has 0 amide bonds. The van der Waals surface area contributed by atoms with Crippen LogP contribution in [0, 0.1) is 0 Å². The highest BCUT2D eigenvalue weighted by molar-refractivity contribution is 5.05. The number of fused-ring (bicyclic) bond motifs is 2. The van der Waals surface area contributed by atoms with Crippen LogP contribution in [-0.4, -0.2) is 34.2 Å². The molecule has 2 N–H and O–H groups in total. The maximum absolute atomic E-state index is 5.74. The number of rotatable bonds is 2. The van der Waals surface area contributed by atoms with E-state index in [0.717, 1.165) is 18.7 Å². The fraction of sp³-hybridized carbons (Fsp3) is 0.833. The van der Waals surface area contributed by atoms with Crippen LogP contribution < -0.4 is 5.73 Å². The molecule has 1 aromatic rings. The van der Waals surface area contributed by atoms with Gasteiger partial charge in [0.2, 0.25) is 5.89 Å². The van der Waals surface area contributed by atoms with E-state index in [0.29, 0.717) is 23.9 Å². The summed E-state index contributed by atoms with van der Waals surface area (Å²) in [6.45, 7) is 1.87. The molecule has 5 nitrogen and oxygen atoms in total. The lowest BCUT2D eigenvalue weighted by molar-refractivity contribution is 0.157. The Hall–Kier alpha value is -0.940. The van der Waals surface area contributed by atoms with Crippen molar-refractivity contribution in [2.45, 2.75) is 56.7 Å². The van der Waals surface area contributed by atoms with Crippen LogP contribution in [0.1, 0.15) is 56.3 Å². The lowest BCUT2D eigenvalue weighted by Gasteiger charge is -2.34. The largest absolute Gasteiger partial charge is 0.338 e. The summed E-state index contributed by atoms with van der Waals surface area (Å²) in [7, 11) is 2.24. The topological polar surface area (TPSA) is 68.2 Å². The van der Waals surface area contributed by atoms with E-state index in [1.54, 1.807) is 0 Å². The molecule has 2 fully saturated rings. The van der Waals surface area contributed by atoms with Crippen LogP contribution in [0.15, 0.2) is 4.52 Å². The summed E-state index contributed by atoms with van der Waals surface area (Å²) < 4.78 is 5.20. The smallest absolute Gasteiger partial charge is 0.243 e. The Morgan fingerprint density at radius 1 is 1.35 bits per heavy atom. The van der Waals surface area contributed by atoms with Crippen LogP contribution in [0.2, 0.25) is 0 Å². The number of nitrogens with zero attached hydrogens (tertiary/aromatic N) is 3. The summed E-state index contributed by atoms with van der Waals surface area (Å²) in [5.74, 6) is 1.88. The third-order valence-electron chi connectivity index (χ3n) is 4.31. The van der Waals surface area contributed by atoms with Crippen molar-refractivity contribution in [3.63, 3.8) is 0 Å². The molecule has 0 spiro atoms. The first kappa shape index (κ1) is 11.2. The van der Waals surface area contributed by atoms with Gasteiger partial charge < -0.3 is 15.2 Å². The molecule has 1 aromatic heterocycles. The minimum absolute atomic E-state index is 0.167. The van der Waals surface area contributed by atoms with Crippen molar-refractivity contribution in [3.05, 3.63) is 11.7 Å². The molecular weight excluding hydrogens is 216 g/mol. The highest BCUT2D eigenvalue weighted by Crippen LogP contribution is 2.41. The Balaban J connectivity index is 1.77. The van der Waals surface area contributed by atoms with Gasteiger partial charge in [0.05, 0.1) is 6.04 Å². The molecule has 5 heteroatoms. The monoisotopic (exact) mass is 236 g/mol. The van der Waals surface area contributed by atoms with Gasteiger partial charge in [-0.3, -0.25) is 0 Å². The molecule has 2 bridgehead atoms. The molecule has 0 aromatic carbocycles. The summed E-state index contributed by atoms with van der Waals surface area (Å²) in [4.78, 5) is 6.95. The molecule has 2 saturated heterocycles. The molecular formula is C12H20N4O. The molecule has 2 aliphatic heterocycles. The first-order chi connectivity index (χ1) is 8.15. The van der Waals surface area contributed by atoms with Gasteiger partial charge in [-0.2, -0.15) is 4.98 Å². The fourth-order valence-corrected chi connectivity index (χ4v) is 3.22. The zero-order chi connectivity index (χ0) is 12.0. The number of aromatic nitrogens is 2. The van der Waals surface area contributed by atoms with E-state index in [4.69, 9.17) is 10.3 Å². The van der Waals surface area contributed by atoms with Gasteiger partial charge in [0, 0.05) is 18.0 Å². The molecule has 0 saturated carbocycles. The van der Waals surface area contributed by atoms with Gasteiger partial charge >= 0.3 is 0 Å².